The fourth-order valence-electron chi connectivity index (χ4n) is 8.78. The van der Waals surface area contributed by atoms with Crippen LogP contribution < -0.4 is 47.9 Å². The van der Waals surface area contributed by atoms with E-state index in [9.17, 15) is 53.1 Å². The van der Waals surface area contributed by atoms with E-state index in [4.69, 9.17) is 0 Å². The van der Waals surface area contributed by atoms with E-state index in [1.807, 2.05) is 73.5 Å². The average molecular weight is 1120 g/mol. The lowest BCUT2D eigenvalue weighted by atomic mass is 9.96. The number of aliphatic hydroxyl groups excluding tert-OH is 1. The molecule has 0 saturated carbocycles. The van der Waals surface area contributed by atoms with E-state index in [-0.39, 0.29) is 67.8 Å². The summed E-state index contributed by atoms with van der Waals surface area (Å²) in [6, 6.07) is -5.93. The van der Waals surface area contributed by atoms with E-state index in [1.165, 1.54) is 52.5 Å². The van der Waals surface area contributed by atoms with E-state index in [0.29, 0.717) is 32.4 Å². The number of rotatable bonds is 36. The molecule has 0 bridgehead atoms. The van der Waals surface area contributed by atoms with Crippen molar-refractivity contribution >= 4 is 59.1 Å². The molecule has 1 fully saturated rings. The molecule has 79 heavy (non-hydrogen) atoms. The summed E-state index contributed by atoms with van der Waals surface area (Å²) in [6.45, 7) is 24.2. The molecule has 1 aliphatic rings. The number of nitrogens with one attached hydrogen (secondary N) is 9. The maximum atomic E-state index is 14.1. The fourth-order valence-corrected chi connectivity index (χ4v) is 8.78. The zero-order valence-corrected chi connectivity index (χ0v) is 50.8. The van der Waals surface area contributed by atoms with E-state index in [2.05, 4.69) is 54.8 Å². The van der Waals surface area contributed by atoms with Gasteiger partial charge in [0.15, 0.2) is 0 Å². The number of carbonyl (C=O) groups is 10. The third-order valence-corrected chi connectivity index (χ3v) is 13.7. The van der Waals surface area contributed by atoms with Gasteiger partial charge in [-0.05, 0) is 118 Å². The van der Waals surface area contributed by atoms with Crippen LogP contribution in [0.15, 0.2) is 12.2 Å². The summed E-state index contributed by atoms with van der Waals surface area (Å²) in [4.78, 5) is 140. The number of allylic oxidation sites excluding steroid dienone is 1. The molecule has 10 N–H and O–H groups in total. The molecule has 7 atom stereocenters. The van der Waals surface area contributed by atoms with Gasteiger partial charge in [-0.3, -0.25) is 47.9 Å². The minimum atomic E-state index is -1.73. The minimum Gasteiger partial charge on any atom is -0.394 e. The zero-order chi connectivity index (χ0) is 60.4. The maximum absolute atomic E-state index is 14.1. The monoisotopic (exact) mass is 1120 g/mol. The number of aliphatic hydroxyl groups is 1. The van der Waals surface area contributed by atoms with Crippen molar-refractivity contribution in [3.05, 3.63) is 12.2 Å². The van der Waals surface area contributed by atoms with Crippen molar-refractivity contribution in [2.45, 2.75) is 233 Å². The Kier molecular flexibility index (Phi) is 31.2. The van der Waals surface area contributed by atoms with Crippen LogP contribution in [0, 0.1) is 17.8 Å². The molecule has 1 aliphatic heterocycles. The van der Waals surface area contributed by atoms with Crippen molar-refractivity contribution in [1.29, 1.82) is 0 Å². The summed E-state index contributed by atoms with van der Waals surface area (Å²) in [7, 11) is 3.78. The molecular weight excluding hydrogens is 1010 g/mol. The summed E-state index contributed by atoms with van der Waals surface area (Å²) in [5.74, 6) is -6.22. The topological polar surface area (TPSA) is 306 Å². The molecular formula is C57H103N11O11. The Morgan fingerprint density at radius 3 is 1.70 bits per heavy atom. The number of nitrogens with zero attached hydrogens (tertiary/aromatic N) is 2. The number of amides is 10. The lowest BCUT2D eigenvalue weighted by Crippen LogP contribution is -2.65. The van der Waals surface area contributed by atoms with Crippen LogP contribution in [0.4, 0.5) is 0 Å². The second-order valence-electron chi connectivity index (χ2n) is 24.2. The van der Waals surface area contributed by atoms with Crippen LogP contribution in [0.5, 0.6) is 0 Å². The van der Waals surface area contributed by atoms with Gasteiger partial charge in [0.2, 0.25) is 59.1 Å². The highest BCUT2D eigenvalue weighted by molar-refractivity contribution is 6.00. The summed E-state index contributed by atoms with van der Waals surface area (Å²) in [5.41, 5.74) is -4.78. The van der Waals surface area contributed by atoms with Crippen molar-refractivity contribution < 1.29 is 53.1 Å². The molecule has 10 amide bonds. The van der Waals surface area contributed by atoms with Crippen LogP contribution in [0.1, 0.15) is 180 Å². The molecule has 0 spiro atoms. The molecule has 452 valence electrons. The number of likely N-dealkylation sites (tertiary alicyclic amines) is 1. The Labute approximate surface area is 471 Å². The normalized spacial score (nSPS) is 16.3. The van der Waals surface area contributed by atoms with Crippen LogP contribution in [0.3, 0.4) is 0 Å². The third kappa shape index (κ3) is 26.5. The Morgan fingerprint density at radius 1 is 0.620 bits per heavy atom. The van der Waals surface area contributed by atoms with Crippen LogP contribution in [0.2, 0.25) is 0 Å². The molecule has 0 radical (unpaired) electrons. The summed E-state index contributed by atoms with van der Waals surface area (Å²) < 4.78 is 0. The molecule has 0 aliphatic carbocycles. The van der Waals surface area contributed by atoms with Gasteiger partial charge in [0.25, 0.3) is 0 Å². The molecule has 0 aromatic heterocycles. The molecule has 1 heterocycles. The first-order valence-electron chi connectivity index (χ1n) is 28.7. The van der Waals surface area contributed by atoms with Crippen LogP contribution in [0.25, 0.3) is 0 Å². The van der Waals surface area contributed by atoms with Gasteiger partial charge >= 0.3 is 0 Å². The van der Waals surface area contributed by atoms with E-state index in [0.717, 1.165) is 38.5 Å². The number of carbonyl (C=O) groups excluding carboxylic acids is 10. The van der Waals surface area contributed by atoms with Gasteiger partial charge in [0, 0.05) is 32.1 Å². The highest BCUT2D eigenvalue weighted by Crippen LogP contribution is 2.20. The van der Waals surface area contributed by atoms with Crippen molar-refractivity contribution in [2.24, 2.45) is 17.8 Å². The Morgan fingerprint density at radius 2 is 1.14 bits per heavy atom. The Bertz CT molecular complexity index is 2060. The van der Waals surface area contributed by atoms with Crippen LogP contribution in [-0.4, -0.2) is 167 Å². The molecule has 1 saturated heterocycles. The lowest BCUT2D eigenvalue weighted by Gasteiger charge is -2.33. The summed E-state index contributed by atoms with van der Waals surface area (Å²) >= 11 is 0. The average Bonchev–Trinajstić information content (AvgIpc) is 3.84. The lowest BCUT2D eigenvalue weighted by molar-refractivity contribution is -0.139. The maximum Gasteiger partial charge on any atom is 0.246 e. The fraction of sp³-hybridized carbons (Fsp3) is 0.789. The van der Waals surface area contributed by atoms with E-state index >= 15 is 0 Å². The SMILES string of the molecule is CCCCCCCC[C@H](NC(=O)[C@@H]1CCCN1C(=O)/C=C/[C@@H](C)CC)C(=O)N[C@@H](CO)C(=O)NC(C)(C)C(=O)N[C@@H](CC(C)C)C(=O)N[C@@H](CC(C)C)C(=O)NC(C)(C)C(=O)NC(C)(C)C(=O)NCCC(=O)N[C@@H](C)CN(C)C. The van der Waals surface area contributed by atoms with Crippen LogP contribution >= 0.6 is 0 Å². The van der Waals surface area contributed by atoms with Crippen molar-refractivity contribution in [1.82, 2.24) is 57.7 Å². The quantitative estimate of drug-likeness (QED) is 0.0320. The third-order valence-electron chi connectivity index (χ3n) is 13.7. The number of hydrogen-bond donors (Lipinski definition) is 10. The summed E-state index contributed by atoms with van der Waals surface area (Å²) in [5, 5.41) is 34.8. The van der Waals surface area contributed by atoms with Gasteiger partial charge in [0.1, 0.15) is 46.8 Å². The highest BCUT2D eigenvalue weighted by Gasteiger charge is 2.41. The largest absolute Gasteiger partial charge is 0.394 e. The smallest absolute Gasteiger partial charge is 0.246 e. The predicted molar refractivity (Wildman–Crippen MR) is 305 cm³/mol. The molecule has 22 nitrogen and oxygen atoms in total. The molecule has 22 heteroatoms. The van der Waals surface area contributed by atoms with Gasteiger partial charge < -0.3 is 62.8 Å². The van der Waals surface area contributed by atoms with E-state index < -0.39 is 101 Å². The molecule has 0 unspecified atom stereocenters. The predicted octanol–water partition coefficient (Wildman–Crippen LogP) is 2.61. The first-order chi connectivity index (χ1) is 36.7. The van der Waals surface area contributed by atoms with Crippen molar-refractivity contribution in [3.63, 3.8) is 0 Å². The van der Waals surface area contributed by atoms with Gasteiger partial charge in [-0.15, -0.1) is 0 Å². The van der Waals surface area contributed by atoms with Gasteiger partial charge in [-0.25, -0.2) is 0 Å². The second-order valence-corrected chi connectivity index (χ2v) is 24.2. The standard InChI is InChI=1S/C57H103N11O11/c1-17-19-20-21-22-23-25-40(60-51(76)44-26-24-31-68(44)46(71)28-27-38(7)18-2)47(72)62-43(35-69)50(75)65-56(11,12)53(78)63-41(32-36(3)4)48(73)61-42(33-37(5)6)49(74)64-57(13,14)54(79)66-55(9,10)52(77)58-30-29-45(70)59-39(8)34-67(15)16/h27-28,36-44,69H,17-26,29-35H2,1-16H3,(H,58,77)(H,59,70)(H,60,76)(H,61,73)(H,62,72)(H,63,78)(H,64,74)(H,65,75)(H,66,79)/b28-27+/t38-,39-,40-,41-,42-,43-,44-/m0/s1. The Hall–Kier alpha value is -5.64. The van der Waals surface area contributed by atoms with Gasteiger partial charge in [-0.2, -0.15) is 0 Å². The molecule has 0 aromatic rings. The van der Waals surface area contributed by atoms with E-state index in [1.54, 1.807) is 0 Å². The minimum absolute atomic E-state index is 0.0222. The molecule has 0 aromatic carbocycles. The van der Waals surface area contributed by atoms with Crippen molar-refractivity contribution in [3.8, 4) is 0 Å². The van der Waals surface area contributed by atoms with Gasteiger partial charge in [0.05, 0.1) is 6.61 Å². The number of likely N-dealkylation sites (N-methyl/N-ethyl adjacent to an activating group) is 1. The first kappa shape index (κ1) is 71.4. The molecule has 1 rings (SSSR count). The van der Waals surface area contributed by atoms with Crippen molar-refractivity contribution in [2.75, 3.05) is 40.3 Å². The highest BCUT2D eigenvalue weighted by atomic mass is 16.3. The summed E-state index contributed by atoms with van der Waals surface area (Å²) in [6.07, 6.45) is 11.1. The van der Waals surface area contributed by atoms with Gasteiger partial charge in [-0.1, -0.05) is 99.5 Å². The Balaban J connectivity index is 3.18. The number of unbranched alkanes of at least 4 members (excludes halogenated alkanes) is 5. The first-order valence-corrected chi connectivity index (χ1v) is 28.7. The zero-order valence-electron chi connectivity index (χ0n) is 50.8. The second kappa shape index (κ2) is 34.5. The van der Waals surface area contributed by atoms with Crippen LogP contribution in [-0.2, 0) is 47.9 Å². The number of hydrogen-bond acceptors (Lipinski definition) is 12.